The number of nitrogen functional groups attached to an aromatic ring is 1. The standard InChI is InChI=1S/C30H33ClN8O/c1-37(2)12-13-38(3)26-16-27(40-5)24(15-22(26)32)36-30-34-11-10-23(35-30)28-21-8-6-7-9-25(21)39(4)29(28)19-14-20(31)18-33-17-19/h6-11,14-18H,12-13,32H2,1-5H3,(H,34,35,36). The Balaban J connectivity index is 1.55. The molecule has 0 aliphatic rings. The molecule has 0 fully saturated rings. The van der Waals surface area contributed by atoms with E-state index in [2.05, 4.69) is 41.8 Å². The minimum Gasteiger partial charge on any atom is -0.494 e. The molecule has 206 valence electrons. The van der Waals surface area contributed by atoms with Gasteiger partial charge in [-0.15, -0.1) is 0 Å². The summed E-state index contributed by atoms with van der Waals surface area (Å²) in [6.07, 6.45) is 5.19. The molecule has 3 N–H and O–H groups in total. The number of halogens is 1. The Bertz CT molecular complexity index is 1670. The normalized spacial score (nSPS) is 11.3. The number of aromatic nitrogens is 4. The van der Waals surface area contributed by atoms with E-state index in [9.17, 15) is 0 Å². The number of hydrogen-bond donors (Lipinski definition) is 2. The van der Waals surface area contributed by atoms with Crippen LogP contribution in [0.5, 0.6) is 5.75 Å². The van der Waals surface area contributed by atoms with E-state index in [1.807, 2.05) is 70.8 Å². The smallest absolute Gasteiger partial charge is 0.227 e. The largest absolute Gasteiger partial charge is 0.494 e. The summed E-state index contributed by atoms with van der Waals surface area (Å²) in [4.78, 5) is 18.0. The van der Waals surface area contributed by atoms with E-state index in [0.29, 0.717) is 28.1 Å². The molecular formula is C30H33ClN8O. The van der Waals surface area contributed by atoms with Gasteiger partial charge in [-0.2, -0.15) is 0 Å². The number of methoxy groups -OCH3 is 1. The Labute approximate surface area is 239 Å². The lowest BCUT2D eigenvalue weighted by molar-refractivity contribution is 0.413. The van der Waals surface area contributed by atoms with Crippen LogP contribution in [0.15, 0.2) is 67.1 Å². The van der Waals surface area contributed by atoms with Crippen molar-refractivity contribution in [3.8, 4) is 28.3 Å². The number of likely N-dealkylation sites (N-methyl/N-ethyl adjacent to an activating group) is 2. The SMILES string of the molecule is COc1cc(N(C)CCN(C)C)c(N)cc1Nc1nccc(-c2c(-c3cncc(Cl)c3)n(C)c3ccccc23)n1. The maximum absolute atomic E-state index is 6.48. The number of nitrogens with zero attached hydrogens (tertiary/aromatic N) is 6. The monoisotopic (exact) mass is 556 g/mol. The molecule has 0 aliphatic heterocycles. The Morgan fingerprint density at radius 3 is 2.60 bits per heavy atom. The first-order chi connectivity index (χ1) is 19.3. The second kappa shape index (κ2) is 11.4. The second-order valence-electron chi connectivity index (χ2n) is 9.92. The minimum absolute atomic E-state index is 0.423. The van der Waals surface area contributed by atoms with Crippen molar-refractivity contribution in [3.05, 3.63) is 72.1 Å². The van der Waals surface area contributed by atoms with E-state index < -0.39 is 0 Å². The van der Waals surface area contributed by atoms with E-state index in [1.165, 1.54) is 0 Å². The van der Waals surface area contributed by atoms with Gasteiger partial charge < -0.3 is 30.2 Å². The highest BCUT2D eigenvalue weighted by atomic mass is 35.5. The number of anilines is 4. The lowest BCUT2D eigenvalue weighted by atomic mass is 10.0. The lowest BCUT2D eigenvalue weighted by Gasteiger charge is -2.24. The van der Waals surface area contributed by atoms with Crippen molar-refractivity contribution in [2.45, 2.75) is 0 Å². The van der Waals surface area contributed by atoms with Gasteiger partial charge in [0.25, 0.3) is 0 Å². The van der Waals surface area contributed by atoms with Crippen molar-refractivity contribution in [2.24, 2.45) is 7.05 Å². The molecule has 0 amide bonds. The molecule has 3 heterocycles. The molecular weight excluding hydrogens is 524 g/mol. The van der Waals surface area contributed by atoms with Crippen molar-refractivity contribution >= 4 is 45.5 Å². The number of nitrogens with two attached hydrogens (primary N) is 1. The molecule has 5 rings (SSSR count). The number of rotatable bonds is 9. The molecule has 40 heavy (non-hydrogen) atoms. The van der Waals surface area contributed by atoms with Crippen LogP contribution in [-0.2, 0) is 7.05 Å². The van der Waals surface area contributed by atoms with Crippen LogP contribution in [0, 0.1) is 0 Å². The van der Waals surface area contributed by atoms with Gasteiger partial charge in [0.1, 0.15) is 5.75 Å². The predicted molar refractivity (Wildman–Crippen MR) is 165 cm³/mol. The topological polar surface area (TPSA) is 97.4 Å². The van der Waals surface area contributed by atoms with Crippen molar-refractivity contribution in [3.63, 3.8) is 0 Å². The second-order valence-corrected chi connectivity index (χ2v) is 10.4. The fourth-order valence-corrected chi connectivity index (χ4v) is 5.04. The molecule has 10 heteroatoms. The number of pyridine rings is 1. The highest BCUT2D eigenvalue weighted by molar-refractivity contribution is 6.30. The summed E-state index contributed by atoms with van der Waals surface area (Å²) in [6, 6.07) is 15.8. The van der Waals surface area contributed by atoms with Crippen LogP contribution in [0.1, 0.15) is 0 Å². The Morgan fingerprint density at radius 2 is 1.85 bits per heavy atom. The van der Waals surface area contributed by atoms with Crippen LogP contribution in [0.25, 0.3) is 33.4 Å². The number of nitrogens with one attached hydrogen (secondary N) is 1. The molecule has 0 spiro atoms. The van der Waals surface area contributed by atoms with E-state index in [0.717, 1.165) is 52.2 Å². The number of fused-ring (bicyclic) bond motifs is 1. The molecule has 0 radical (unpaired) electrons. The molecule has 0 bridgehead atoms. The number of aryl methyl sites for hydroxylation is 1. The number of hydrogen-bond acceptors (Lipinski definition) is 8. The highest BCUT2D eigenvalue weighted by Gasteiger charge is 2.21. The van der Waals surface area contributed by atoms with Gasteiger partial charge in [0, 0.05) is 73.9 Å². The predicted octanol–water partition coefficient (Wildman–Crippen LogP) is 5.68. The highest BCUT2D eigenvalue weighted by Crippen LogP contribution is 2.41. The average Bonchev–Trinajstić information content (AvgIpc) is 3.24. The molecule has 0 unspecified atom stereocenters. The average molecular weight is 557 g/mol. The van der Waals surface area contributed by atoms with E-state index in [-0.39, 0.29) is 0 Å². The maximum atomic E-state index is 6.48. The zero-order valence-electron chi connectivity index (χ0n) is 23.3. The van der Waals surface area contributed by atoms with Crippen LogP contribution < -0.4 is 20.7 Å². The van der Waals surface area contributed by atoms with Crippen LogP contribution in [0.2, 0.25) is 5.02 Å². The summed E-state index contributed by atoms with van der Waals surface area (Å²) in [6.45, 7) is 1.73. The van der Waals surface area contributed by atoms with Gasteiger partial charge in [-0.3, -0.25) is 4.98 Å². The van der Waals surface area contributed by atoms with Gasteiger partial charge in [0.15, 0.2) is 0 Å². The van der Waals surface area contributed by atoms with Gasteiger partial charge in [0.05, 0.1) is 40.6 Å². The minimum atomic E-state index is 0.423. The molecule has 2 aromatic carbocycles. The zero-order chi connectivity index (χ0) is 28.4. The van der Waals surface area contributed by atoms with Gasteiger partial charge >= 0.3 is 0 Å². The van der Waals surface area contributed by atoms with Crippen LogP contribution in [0.3, 0.4) is 0 Å². The molecule has 9 nitrogen and oxygen atoms in total. The first kappa shape index (κ1) is 27.2. The summed E-state index contributed by atoms with van der Waals surface area (Å²) < 4.78 is 7.86. The summed E-state index contributed by atoms with van der Waals surface area (Å²) in [5.41, 5.74) is 13.4. The molecule has 0 saturated heterocycles. The Kier molecular flexibility index (Phi) is 7.77. The Hall–Kier alpha value is -4.34. The van der Waals surface area contributed by atoms with E-state index >= 15 is 0 Å². The summed E-state index contributed by atoms with van der Waals surface area (Å²) in [7, 11) is 9.79. The van der Waals surface area contributed by atoms with Gasteiger partial charge in [-0.1, -0.05) is 29.8 Å². The third-order valence-electron chi connectivity index (χ3n) is 6.89. The van der Waals surface area contributed by atoms with E-state index in [1.54, 1.807) is 19.5 Å². The van der Waals surface area contributed by atoms with Crippen LogP contribution in [0.4, 0.5) is 23.0 Å². The zero-order valence-corrected chi connectivity index (χ0v) is 24.1. The quantitative estimate of drug-likeness (QED) is 0.224. The third-order valence-corrected chi connectivity index (χ3v) is 7.09. The summed E-state index contributed by atoms with van der Waals surface area (Å²) >= 11 is 6.33. The fraction of sp³-hybridized carbons (Fsp3) is 0.233. The maximum Gasteiger partial charge on any atom is 0.227 e. The lowest BCUT2D eigenvalue weighted by Crippen LogP contribution is -2.29. The van der Waals surface area contributed by atoms with E-state index in [4.69, 9.17) is 27.1 Å². The number of benzene rings is 2. The van der Waals surface area contributed by atoms with Gasteiger partial charge in [-0.05, 0) is 38.4 Å². The van der Waals surface area contributed by atoms with Crippen molar-refractivity contribution < 1.29 is 4.74 Å². The number of ether oxygens (including phenoxy) is 1. The molecule has 3 aromatic heterocycles. The summed E-state index contributed by atoms with van der Waals surface area (Å²) in [5.74, 6) is 1.07. The first-order valence-corrected chi connectivity index (χ1v) is 13.3. The number of para-hydroxylation sites is 1. The van der Waals surface area contributed by atoms with Gasteiger partial charge in [0.2, 0.25) is 5.95 Å². The molecule has 0 atom stereocenters. The Morgan fingerprint density at radius 1 is 1.05 bits per heavy atom. The van der Waals surface area contributed by atoms with Crippen molar-refractivity contribution in [1.29, 1.82) is 0 Å². The third kappa shape index (κ3) is 5.38. The fourth-order valence-electron chi connectivity index (χ4n) is 4.86. The first-order valence-electron chi connectivity index (χ1n) is 12.9. The van der Waals surface area contributed by atoms with Crippen molar-refractivity contribution in [1.82, 2.24) is 24.4 Å². The summed E-state index contributed by atoms with van der Waals surface area (Å²) in [5, 5.41) is 4.95. The van der Waals surface area contributed by atoms with Crippen molar-refractivity contribution in [2.75, 3.05) is 57.3 Å². The van der Waals surface area contributed by atoms with Crippen LogP contribution in [-0.4, -0.2) is 65.8 Å². The molecule has 0 aliphatic carbocycles. The molecule has 0 saturated carbocycles. The van der Waals surface area contributed by atoms with Gasteiger partial charge in [-0.25, -0.2) is 9.97 Å². The van der Waals surface area contributed by atoms with Crippen LogP contribution >= 0.6 is 11.6 Å². The molecule has 5 aromatic rings.